The number of carbonyl (C=O) groups excluding carboxylic acids is 1. The lowest BCUT2D eigenvalue weighted by Gasteiger charge is -2.44. The standard InChI is InChI=1S/C20H23F13O3/c21-9-14(34)36-16(19(28,29)30,20(31,32)33)11-3-7-13(8-4-11)35-12-5-1-10(2-6-12)15(17(22,23)24)18(25,26)27/h10-13,15H,1-9H2. The molecule has 0 saturated heterocycles. The number of halogens is 13. The van der Waals surface area contributed by atoms with Crippen molar-refractivity contribution < 1.29 is 71.3 Å². The van der Waals surface area contributed by atoms with Crippen molar-refractivity contribution in [2.75, 3.05) is 6.67 Å². The molecular weight excluding hydrogens is 535 g/mol. The maximum absolute atomic E-state index is 13.6. The maximum Gasteiger partial charge on any atom is 0.437 e. The van der Waals surface area contributed by atoms with Gasteiger partial charge in [-0.1, -0.05) is 0 Å². The van der Waals surface area contributed by atoms with Crippen LogP contribution >= 0.6 is 0 Å². The molecule has 0 N–H and O–H groups in total. The van der Waals surface area contributed by atoms with Crippen molar-refractivity contribution in [3.8, 4) is 0 Å². The van der Waals surface area contributed by atoms with Crippen LogP contribution in [0.15, 0.2) is 0 Å². The highest BCUT2D eigenvalue weighted by Gasteiger charge is 2.77. The van der Waals surface area contributed by atoms with Crippen LogP contribution < -0.4 is 0 Å². The number of carbonyl (C=O) groups is 1. The summed E-state index contributed by atoms with van der Waals surface area (Å²) >= 11 is 0. The van der Waals surface area contributed by atoms with Crippen molar-refractivity contribution in [3.63, 3.8) is 0 Å². The highest BCUT2D eigenvalue weighted by molar-refractivity contribution is 5.71. The largest absolute Gasteiger partial charge is 0.437 e. The van der Waals surface area contributed by atoms with Gasteiger partial charge < -0.3 is 9.47 Å². The van der Waals surface area contributed by atoms with E-state index >= 15 is 0 Å². The zero-order valence-corrected chi connectivity index (χ0v) is 18.4. The Morgan fingerprint density at radius 1 is 0.667 bits per heavy atom. The molecule has 0 bridgehead atoms. The summed E-state index contributed by atoms with van der Waals surface area (Å²) in [6, 6.07) is 0. The second kappa shape index (κ2) is 10.7. The summed E-state index contributed by atoms with van der Waals surface area (Å²) in [4.78, 5) is 11.1. The summed E-state index contributed by atoms with van der Waals surface area (Å²) in [6.07, 6.45) is -28.6. The summed E-state index contributed by atoms with van der Waals surface area (Å²) < 4.78 is 181. The number of rotatable bonds is 6. The third-order valence-electron chi connectivity index (χ3n) is 6.76. The molecule has 0 spiro atoms. The summed E-state index contributed by atoms with van der Waals surface area (Å²) in [5.41, 5.74) is -4.93. The summed E-state index contributed by atoms with van der Waals surface area (Å²) in [7, 11) is 0. The lowest BCUT2D eigenvalue weighted by molar-refractivity contribution is -0.388. The predicted molar refractivity (Wildman–Crippen MR) is 95.1 cm³/mol. The SMILES string of the molecule is O=C(CF)OC(C1CCC(OC2CCC(C(C(F)(F)F)C(F)(F)F)CC2)CC1)(C(F)(F)F)C(F)(F)F. The van der Waals surface area contributed by atoms with Gasteiger partial charge in [-0.15, -0.1) is 0 Å². The smallest absolute Gasteiger partial charge is 0.437 e. The van der Waals surface area contributed by atoms with E-state index in [1.54, 1.807) is 0 Å². The molecule has 36 heavy (non-hydrogen) atoms. The first-order valence-corrected chi connectivity index (χ1v) is 10.9. The van der Waals surface area contributed by atoms with E-state index in [-0.39, 0.29) is 25.7 Å². The van der Waals surface area contributed by atoms with Gasteiger partial charge in [0.1, 0.15) is 0 Å². The third kappa shape index (κ3) is 6.69. The molecule has 0 aromatic carbocycles. The molecule has 0 amide bonds. The molecule has 0 atom stereocenters. The molecule has 3 nitrogen and oxygen atoms in total. The van der Waals surface area contributed by atoms with Crippen LogP contribution in [-0.2, 0) is 14.3 Å². The van der Waals surface area contributed by atoms with E-state index in [1.165, 1.54) is 0 Å². The number of alkyl halides is 13. The molecule has 2 saturated carbocycles. The molecule has 0 aromatic rings. The van der Waals surface area contributed by atoms with Crippen LogP contribution in [0.1, 0.15) is 51.4 Å². The van der Waals surface area contributed by atoms with Crippen LogP contribution in [0.3, 0.4) is 0 Å². The van der Waals surface area contributed by atoms with Crippen LogP contribution in [0.2, 0.25) is 0 Å². The summed E-state index contributed by atoms with van der Waals surface area (Å²) in [6.45, 7) is -2.21. The third-order valence-corrected chi connectivity index (χ3v) is 6.76. The highest BCUT2D eigenvalue weighted by atomic mass is 19.4. The number of esters is 1. The van der Waals surface area contributed by atoms with Gasteiger partial charge >= 0.3 is 36.3 Å². The van der Waals surface area contributed by atoms with Gasteiger partial charge in [0.15, 0.2) is 12.6 Å². The van der Waals surface area contributed by atoms with Crippen LogP contribution in [0.4, 0.5) is 57.1 Å². The lowest BCUT2D eigenvalue weighted by atomic mass is 9.74. The average Bonchev–Trinajstić information content (AvgIpc) is 2.70. The normalized spacial score (nSPS) is 27.3. The molecule has 2 rings (SSSR count). The number of hydrogen-bond donors (Lipinski definition) is 0. The molecule has 0 radical (unpaired) electrons. The second-order valence-electron chi connectivity index (χ2n) is 9.05. The van der Waals surface area contributed by atoms with Crippen LogP contribution in [0.5, 0.6) is 0 Å². The Balaban J connectivity index is 2.03. The molecule has 0 unspecified atom stereocenters. The van der Waals surface area contributed by atoms with E-state index in [0.29, 0.717) is 0 Å². The van der Waals surface area contributed by atoms with Crippen molar-refractivity contribution in [2.24, 2.45) is 17.8 Å². The second-order valence-corrected chi connectivity index (χ2v) is 9.05. The van der Waals surface area contributed by atoms with Crippen molar-refractivity contribution in [1.82, 2.24) is 0 Å². The van der Waals surface area contributed by atoms with Gasteiger partial charge in [0.25, 0.3) is 0 Å². The van der Waals surface area contributed by atoms with Gasteiger partial charge in [-0.05, 0) is 57.3 Å². The van der Waals surface area contributed by atoms with E-state index in [2.05, 4.69) is 4.74 Å². The fraction of sp³-hybridized carbons (Fsp3) is 0.950. The fourth-order valence-electron chi connectivity index (χ4n) is 5.19. The van der Waals surface area contributed by atoms with Crippen LogP contribution in [-0.4, -0.2) is 55.2 Å². The minimum atomic E-state index is -6.11. The molecule has 0 aromatic heterocycles. The molecule has 2 aliphatic carbocycles. The first-order chi connectivity index (χ1) is 16.2. The van der Waals surface area contributed by atoms with Gasteiger partial charge in [0, 0.05) is 5.92 Å². The molecule has 16 heteroatoms. The van der Waals surface area contributed by atoms with Gasteiger partial charge in [0.2, 0.25) is 0 Å². The minimum Gasteiger partial charge on any atom is -0.437 e. The Kier molecular flexibility index (Phi) is 9.15. The van der Waals surface area contributed by atoms with Gasteiger partial charge in [0.05, 0.1) is 12.2 Å². The Hall–Kier alpha value is -1.48. The van der Waals surface area contributed by atoms with Gasteiger partial charge in [-0.2, -0.15) is 52.7 Å². The Morgan fingerprint density at radius 3 is 1.39 bits per heavy atom. The molecule has 2 fully saturated rings. The maximum atomic E-state index is 13.6. The van der Waals surface area contributed by atoms with E-state index in [9.17, 15) is 61.9 Å². The van der Waals surface area contributed by atoms with Crippen molar-refractivity contribution in [3.05, 3.63) is 0 Å². The van der Waals surface area contributed by atoms with Crippen LogP contribution in [0.25, 0.3) is 0 Å². The Bertz CT molecular complexity index is 697. The zero-order valence-electron chi connectivity index (χ0n) is 18.4. The number of ether oxygens (including phenoxy) is 2. The summed E-state index contributed by atoms with van der Waals surface area (Å²) in [5, 5.41) is 0. The van der Waals surface area contributed by atoms with Crippen molar-refractivity contribution >= 4 is 5.97 Å². The average molecular weight is 558 g/mol. The van der Waals surface area contributed by atoms with E-state index < -0.39 is 98.6 Å². The predicted octanol–water partition coefficient (Wildman–Crippen LogP) is 7.24. The number of hydrogen-bond acceptors (Lipinski definition) is 3. The van der Waals surface area contributed by atoms with Crippen molar-refractivity contribution in [1.29, 1.82) is 0 Å². The molecule has 0 heterocycles. The summed E-state index contributed by atoms with van der Waals surface area (Å²) in [5.74, 6) is -9.88. The topological polar surface area (TPSA) is 35.5 Å². The lowest BCUT2D eigenvalue weighted by Crippen LogP contribution is -2.65. The van der Waals surface area contributed by atoms with E-state index in [4.69, 9.17) is 4.74 Å². The van der Waals surface area contributed by atoms with Crippen LogP contribution in [0, 0.1) is 17.8 Å². The minimum absolute atomic E-state index is 0.198. The van der Waals surface area contributed by atoms with Gasteiger partial charge in [-0.3, -0.25) is 0 Å². The zero-order chi connectivity index (χ0) is 27.7. The quantitative estimate of drug-likeness (QED) is 0.255. The monoisotopic (exact) mass is 558 g/mol. The highest BCUT2D eigenvalue weighted by Crippen LogP contribution is 2.55. The first-order valence-electron chi connectivity index (χ1n) is 10.9. The fourth-order valence-corrected chi connectivity index (χ4v) is 5.19. The van der Waals surface area contributed by atoms with Gasteiger partial charge in [-0.25, -0.2) is 9.18 Å². The first kappa shape index (κ1) is 30.7. The Morgan fingerprint density at radius 2 is 1.06 bits per heavy atom. The van der Waals surface area contributed by atoms with Crippen molar-refractivity contribution in [2.45, 2.75) is 93.9 Å². The Labute approximate surface area is 196 Å². The molecule has 2 aliphatic rings. The molecular formula is C20H23F13O3. The molecule has 212 valence electrons. The van der Waals surface area contributed by atoms with E-state index in [1.807, 2.05) is 0 Å². The molecule has 0 aliphatic heterocycles. The van der Waals surface area contributed by atoms with E-state index in [0.717, 1.165) is 0 Å².